The molecule has 0 spiro atoms. The molecule has 1 N–H and O–H groups in total. The van der Waals surface area contributed by atoms with E-state index in [9.17, 15) is 9.18 Å². The fourth-order valence-electron chi connectivity index (χ4n) is 2.11. The number of hydrogen-bond donors (Lipinski definition) is 1. The second-order valence-corrected chi connectivity index (χ2v) is 5.86. The van der Waals surface area contributed by atoms with Crippen molar-refractivity contribution in [1.82, 2.24) is 5.32 Å². The molecule has 2 atom stereocenters. The predicted molar refractivity (Wildman–Crippen MR) is 89.2 cm³/mol. The van der Waals surface area contributed by atoms with Gasteiger partial charge in [-0.15, -0.1) is 0 Å². The van der Waals surface area contributed by atoms with Crippen molar-refractivity contribution in [1.29, 1.82) is 0 Å². The fraction of sp³-hybridized carbons (Fsp3) is 0.278. The summed E-state index contributed by atoms with van der Waals surface area (Å²) in [5.74, 6) is 0.0421. The average molecular weight is 336 g/mol. The van der Waals surface area contributed by atoms with E-state index in [-0.39, 0.29) is 17.8 Å². The van der Waals surface area contributed by atoms with Gasteiger partial charge in [-0.3, -0.25) is 4.79 Å². The zero-order chi connectivity index (χ0) is 17.0. The van der Waals surface area contributed by atoms with Crippen LogP contribution in [0.3, 0.4) is 0 Å². The smallest absolute Gasteiger partial charge is 0.261 e. The fourth-order valence-corrected chi connectivity index (χ4v) is 2.23. The maximum absolute atomic E-state index is 12.9. The van der Waals surface area contributed by atoms with Gasteiger partial charge in [-0.25, -0.2) is 4.39 Å². The van der Waals surface area contributed by atoms with Crippen LogP contribution in [-0.2, 0) is 4.79 Å². The van der Waals surface area contributed by atoms with Gasteiger partial charge in [-0.1, -0.05) is 23.7 Å². The van der Waals surface area contributed by atoms with Crippen molar-refractivity contribution in [2.75, 3.05) is 0 Å². The van der Waals surface area contributed by atoms with Gasteiger partial charge in [0.2, 0.25) is 0 Å². The first-order valence-corrected chi connectivity index (χ1v) is 7.73. The summed E-state index contributed by atoms with van der Waals surface area (Å²) in [5.41, 5.74) is 1.71. The normalized spacial score (nSPS) is 13.3. The van der Waals surface area contributed by atoms with E-state index >= 15 is 0 Å². The molecular formula is C18H19ClFNO2. The molecule has 0 saturated carbocycles. The monoisotopic (exact) mass is 335 g/mol. The highest BCUT2D eigenvalue weighted by atomic mass is 35.5. The Labute approximate surface area is 140 Å². The summed E-state index contributed by atoms with van der Waals surface area (Å²) in [6.45, 7) is 5.39. The molecule has 0 heterocycles. The lowest BCUT2D eigenvalue weighted by atomic mass is 10.1. The van der Waals surface area contributed by atoms with E-state index in [4.69, 9.17) is 16.3 Å². The SMILES string of the molecule is Cc1cc(OC(C)C(=O)NC(C)c2ccc(F)cc2)ccc1Cl. The molecule has 0 radical (unpaired) electrons. The first-order valence-electron chi connectivity index (χ1n) is 7.35. The molecule has 0 bridgehead atoms. The molecule has 0 saturated heterocycles. The van der Waals surface area contributed by atoms with Gasteiger partial charge in [0.15, 0.2) is 6.10 Å². The van der Waals surface area contributed by atoms with Crippen LogP contribution >= 0.6 is 11.6 Å². The number of carbonyl (C=O) groups is 1. The van der Waals surface area contributed by atoms with Crippen LogP contribution in [0, 0.1) is 12.7 Å². The summed E-state index contributed by atoms with van der Waals surface area (Å²) >= 11 is 5.97. The number of benzene rings is 2. The molecule has 0 aliphatic carbocycles. The quantitative estimate of drug-likeness (QED) is 0.877. The van der Waals surface area contributed by atoms with Crippen LogP contribution in [0.5, 0.6) is 5.75 Å². The third-order valence-electron chi connectivity index (χ3n) is 3.54. The van der Waals surface area contributed by atoms with Gasteiger partial charge in [0.1, 0.15) is 11.6 Å². The summed E-state index contributed by atoms with van der Waals surface area (Å²) < 4.78 is 18.6. The number of hydrogen-bond acceptors (Lipinski definition) is 2. The van der Waals surface area contributed by atoms with Crippen molar-refractivity contribution in [3.63, 3.8) is 0 Å². The molecular weight excluding hydrogens is 317 g/mol. The maximum Gasteiger partial charge on any atom is 0.261 e. The lowest BCUT2D eigenvalue weighted by Gasteiger charge is -2.19. The van der Waals surface area contributed by atoms with Crippen molar-refractivity contribution in [2.24, 2.45) is 0 Å². The molecule has 3 nitrogen and oxygen atoms in total. The number of carbonyl (C=O) groups excluding carboxylic acids is 1. The Kier molecular flexibility index (Phi) is 5.61. The molecule has 122 valence electrons. The van der Waals surface area contributed by atoms with Gasteiger partial charge in [-0.2, -0.15) is 0 Å². The molecule has 1 amide bonds. The molecule has 23 heavy (non-hydrogen) atoms. The van der Waals surface area contributed by atoms with E-state index in [1.165, 1.54) is 12.1 Å². The molecule has 0 aliphatic rings. The van der Waals surface area contributed by atoms with Crippen LogP contribution in [0.25, 0.3) is 0 Å². The summed E-state index contributed by atoms with van der Waals surface area (Å²) in [7, 11) is 0. The van der Waals surface area contributed by atoms with E-state index in [1.807, 2.05) is 13.8 Å². The third-order valence-corrected chi connectivity index (χ3v) is 3.96. The van der Waals surface area contributed by atoms with Gasteiger partial charge < -0.3 is 10.1 Å². The van der Waals surface area contributed by atoms with Crippen LogP contribution in [-0.4, -0.2) is 12.0 Å². The van der Waals surface area contributed by atoms with Crippen molar-refractivity contribution >= 4 is 17.5 Å². The molecule has 0 aromatic heterocycles. The van der Waals surface area contributed by atoms with Crippen LogP contribution in [0.1, 0.15) is 31.0 Å². The lowest BCUT2D eigenvalue weighted by molar-refractivity contribution is -0.127. The first kappa shape index (κ1) is 17.3. The average Bonchev–Trinajstić information content (AvgIpc) is 2.51. The third kappa shape index (κ3) is 4.70. The van der Waals surface area contributed by atoms with Gasteiger partial charge in [-0.05, 0) is 62.2 Å². The van der Waals surface area contributed by atoms with Crippen LogP contribution < -0.4 is 10.1 Å². The number of amides is 1. The number of rotatable bonds is 5. The summed E-state index contributed by atoms with van der Waals surface area (Å²) in [5, 5.41) is 3.50. The molecule has 0 fully saturated rings. The first-order chi connectivity index (χ1) is 10.9. The van der Waals surface area contributed by atoms with Gasteiger partial charge >= 0.3 is 0 Å². The molecule has 2 aromatic rings. The highest BCUT2D eigenvalue weighted by Gasteiger charge is 2.18. The minimum Gasteiger partial charge on any atom is -0.481 e. The van der Waals surface area contributed by atoms with Crippen molar-refractivity contribution < 1.29 is 13.9 Å². The standard InChI is InChI=1S/C18H19ClFNO2/c1-11-10-16(8-9-17(11)19)23-13(3)18(22)21-12(2)14-4-6-15(20)7-5-14/h4-10,12-13H,1-3H3,(H,21,22). The topological polar surface area (TPSA) is 38.3 Å². The second-order valence-electron chi connectivity index (χ2n) is 5.45. The number of aryl methyl sites for hydroxylation is 1. The Hall–Kier alpha value is -2.07. The highest BCUT2D eigenvalue weighted by Crippen LogP contribution is 2.22. The van der Waals surface area contributed by atoms with E-state index in [0.717, 1.165) is 11.1 Å². The Balaban J connectivity index is 1.96. The van der Waals surface area contributed by atoms with Crippen LogP contribution in [0.4, 0.5) is 4.39 Å². The molecule has 2 aromatic carbocycles. The predicted octanol–water partition coefficient (Wildman–Crippen LogP) is 4.43. The second kappa shape index (κ2) is 7.47. The van der Waals surface area contributed by atoms with E-state index in [1.54, 1.807) is 37.3 Å². The van der Waals surface area contributed by atoms with Crippen molar-refractivity contribution in [3.05, 3.63) is 64.4 Å². The Bertz CT molecular complexity index is 688. The summed E-state index contributed by atoms with van der Waals surface area (Å²) in [6.07, 6.45) is -0.654. The summed E-state index contributed by atoms with van der Waals surface area (Å²) in [4.78, 5) is 12.2. The van der Waals surface area contributed by atoms with E-state index in [2.05, 4.69) is 5.32 Å². The molecule has 2 rings (SSSR count). The zero-order valence-corrected chi connectivity index (χ0v) is 14.0. The van der Waals surface area contributed by atoms with E-state index < -0.39 is 6.10 Å². The van der Waals surface area contributed by atoms with Crippen LogP contribution in [0.15, 0.2) is 42.5 Å². The van der Waals surface area contributed by atoms with Gasteiger partial charge in [0.25, 0.3) is 5.91 Å². The van der Waals surface area contributed by atoms with E-state index in [0.29, 0.717) is 10.8 Å². The van der Waals surface area contributed by atoms with Gasteiger partial charge in [0, 0.05) is 5.02 Å². The minimum atomic E-state index is -0.654. The number of nitrogens with one attached hydrogen (secondary N) is 1. The number of ether oxygens (including phenoxy) is 1. The van der Waals surface area contributed by atoms with Crippen LogP contribution in [0.2, 0.25) is 5.02 Å². The molecule has 0 aliphatic heterocycles. The molecule has 5 heteroatoms. The zero-order valence-electron chi connectivity index (χ0n) is 13.3. The van der Waals surface area contributed by atoms with Crippen molar-refractivity contribution in [3.8, 4) is 5.75 Å². The molecule has 2 unspecified atom stereocenters. The lowest BCUT2D eigenvalue weighted by Crippen LogP contribution is -2.37. The van der Waals surface area contributed by atoms with Gasteiger partial charge in [0.05, 0.1) is 6.04 Å². The Morgan fingerprint density at radius 1 is 1.17 bits per heavy atom. The maximum atomic E-state index is 12.9. The number of halogens is 2. The Morgan fingerprint density at radius 3 is 2.43 bits per heavy atom. The van der Waals surface area contributed by atoms with Crippen molar-refractivity contribution in [2.45, 2.75) is 32.9 Å². The largest absolute Gasteiger partial charge is 0.481 e. The summed E-state index contributed by atoms with van der Waals surface area (Å²) in [6, 6.07) is 11.0. The minimum absolute atomic E-state index is 0.235. The highest BCUT2D eigenvalue weighted by molar-refractivity contribution is 6.31. The Morgan fingerprint density at radius 2 is 1.83 bits per heavy atom.